The number of hydrogen-bond donors (Lipinski definition) is 3. The number of nitrogens with one attached hydrogen (secondary N) is 3. The molecule has 1 aromatic carbocycles. The molecule has 0 aromatic heterocycles. The van der Waals surface area contributed by atoms with E-state index in [2.05, 4.69) is 29.8 Å². The van der Waals surface area contributed by atoms with Crippen LogP contribution in [0.4, 0.5) is 16.2 Å². The number of urea groups is 1. The summed E-state index contributed by atoms with van der Waals surface area (Å²) in [5, 5.41) is 8.63. The Morgan fingerprint density at radius 3 is 2.35 bits per heavy atom. The maximum absolute atomic E-state index is 12.0. The van der Waals surface area contributed by atoms with Crippen LogP contribution in [0.2, 0.25) is 0 Å². The number of carbonyl (C=O) groups excluding carboxylic acids is 2. The average molecular weight is 317 g/mol. The van der Waals surface area contributed by atoms with Crippen LogP contribution in [-0.4, -0.2) is 18.0 Å². The predicted molar refractivity (Wildman–Crippen MR) is 93.5 cm³/mol. The lowest BCUT2D eigenvalue weighted by Gasteiger charge is -2.16. The maximum atomic E-state index is 12.0. The second-order valence-electron chi connectivity index (χ2n) is 6.82. The van der Waals surface area contributed by atoms with Crippen molar-refractivity contribution < 1.29 is 9.59 Å². The van der Waals surface area contributed by atoms with E-state index in [1.807, 2.05) is 25.1 Å². The van der Waals surface area contributed by atoms with Gasteiger partial charge in [-0.05, 0) is 56.7 Å². The minimum absolute atomic E-state index is 0.0638. The van der Waals surface area contributed by atoms with E-state index in [1.54, 1.807) is 6.07 Å². The van der Waals surface area contributed by atoms with Crippen molar-refractivity contribution in [1.29, 1.82) is 0 Å². The number of carbonyl (C=O) groups is 2. The Kier molecular flexibility index (Phi) is 6.02. The molecular formula is C18H27N3O2. The van der Waals surface area contributed by atoms with Gasteiger partial charge in [0.25, 0.3) is 0 Å². The summed E-state index contributed by atoms with van der Waals surface area (Å²) in [7, 11) is 0. The van der Waals surface area contributed by atoms with Gasteiger partial charge in [0.1, 0.15) is 0 Å². The quantitative estimate of drug-likeness (QED) is 0.712. The van der Waals surface area contributed by atoms with Gasteiger partial charge in [-0.15, -0.1) is 0 Å². The Labute approximate surface area is 138 Å². The van der Waals surface area contributed by atoms with Crippen LogP contribution < -0.4 is 16.0 Å². The van der Waals surface area contributed by atoms with Crippen molar-refractivity contribution in [2.45, 2.75) is 52.5 Å². The van der Waals surface area contributed by atoms with Crippen molar-refractivity contribution in [1.82, 2.24) is 5.32 Å². The topological polar surface area (TPSA) is 70.2 Å². The molecule has 1 atom stereocenters. The summed E-state index contributed by atoms with van der Waals surface area (Å²) in [4.78, 5) is 23.8. The van der Waals surface area contributed by atoms with Gasteiger partial charge in [0.05, 0.1) is 0 Å². The first-order valence-electron chi connectivity index (χ1n) is 8.42. The Balaban J connectivity index is 1.81. The molecule has 23 heavy (non-hydrogen) atoms. The Bertz CT molecular complexity index is 553. The number of hydrogen-bond acceptors (Lipinski definition) is 2. The van der Waals surface area contributed by atoms with Gasteiger partial charge in [-0.25, -0.2) is 4.79 Å². The van der Waals surface area contributed by atoms with Crippen molar-refractivity contribution >= 4 is 23.3 Å². The van der Waals surface area contributed by atoms with Gasteiger partial charge >= 0.3 is 6.03 Å². The van der Waals surface area contributed by atoms with Crippen LogP contribution in [0.1, 0.15) is 46.5 Å². The first-order chi connectivity index (χ1) is 10.9. The number of amides is 3. The first kappa shape index (κ1) is 17.3. The minimum atomic E-state index is -0.216. The molecule has 126 valence electrons. The number of benzene rings is 1. The zero-order valence-electron chi connectivity index (χ0n) is 14.2. The zero-order valence-corrected chi connectivity index (χ0v) is 14.2. The normalized spacial score (nSPS) is 15.1. The van der Waals surface area contributed by atoms with E-state index in [4.69, 9.17) is 0 Å². The van der Waals surface area contributed by atoms with E-state index < -0.39 is 0 Å². The molecule has 3 N–H and O–H groups in total. The van der Waals surface area contributed by atoms with Crippen LogP contribution in [0.3, 0.4) is 0 Å². The van der Waals surface area contributed by atoms with Crippen LogP contribution in [0, 0.1) is 11.8 Å². The van der Waals surface area contributed by atoms with Gasteiger partial charge in [-0.2, -0.15) is 0 Å². The summed E-state index contributed by atoms with van der Waals surface area (Å²) >= 11 is 0. The Morgan fingerprint density at radius 2 is 1.74 bits per heavy atom. The standard InChI is InChI=1S/C18H27N3O2/c1-12(2)7-8-13(3)19-18(23)21-16-6-4-5-15(11-16)20-17(22)14-9-10-14/h4-6,11-14H,7-10H2,1-3H3,(H,20,22)(H2,19,21,23). The summed E-state index contributed by atoms with van der Waals surface area (Å²) in [6.07, 6.45) is 3.99. The second kappa shape index (κ2) is 7.99. The molecule has 0 radical (unpaired) electrons. The molecule has 3 amide bonds. The van der Waals surface area contributed by atoms with Crippen molar-refractivity contribution in [2.24, 2.45) is 11.8 Å². The third kappa shape index (κ3) is 6.30. The molecule has 0 aliphatic heterocycles. The smallest absolute Gasteiger partial charge is 0.319 e. The van der Waals surface area contributed by atoms with Crippen LogP contribution in [-0.2, 0) is 4.79 Å². The molecule has 1 aliphatic carbocycles. The van der Waals surface area contributed by atoms with E-state index in [0.29, 0.717) is 17.3 Å². The van der Waals surface area contributed by atoms with Crippen molar-refractivity contribution in [2.75, 3.05) is 10.6 Å². The van der Waals surface area contributed by atoms with Gasteiger partial charge in [-0.3, -0.25) is 4.79 Å². The van der Waals surface area contributed by atoms with Crippen molar-refractivity contribution in [3.8, 4) is 0 Å². The average Bonchev–Trinajstić information content (AvgIpc) is 3.30. The van der Waals surface area contributed by atoms with Crippen molar-refractivity contribution in [3.63, 3.8) is 0 Å². The molecule has 0 spiro atoms. The van der Waals surface area contributed by atoms with E-state index in [9.17, 15) is 9.59 Å². The highest BCUT2D eigenvalue weighted by Crippen LogP contribution is 2.30. The maximum Gasteiger partial charge on any atom is 0.319 e. The highest BCUT2D eigenvalue weighted by Gasteiger charge is 2.29. The summed E-state index contributed by atoms with van der Waals surface area (Å²) < 4.78 is 0. The molecule has 0 saturated heterocycles. The predicted octanol–water partition coefficient (Wildman–Crippen LogP) is 3.98. The summed E-state index contributed by atoms with van der Waals surface area (Å²) in [5.74, 6) is 0.861. The van der Waals surface area contributed by atoms with Gasteiger partial charge in [0.2, 0.25) is 5.91 Å². The van der Waals surface area contributed by atoms with Gasteiger partial charge in [0, 0.05) is 23.3 Å². The Morgan fingerprint density at radius 1 is 1.09 bits per heavy atom. The highest BCUT2D eigenvalue weighted by molar-refractivity contribution is 5.95. The molecule has 0 heterocycles. The summed E-state index contributed by atoms with van der Waals surface area (Å²) in [6.45, 7) is 6.36. The lowest BCUT2D eigenvalue weighted by atomic mass is 10.0. The fourth-order valence-electron chi connectivity index (χ4n) is 2.31. The highest BCUT2D eigenvalue weighted by atomic mass is 16.2. The third-order valence-electron chi connectivity index (χ3n) is 3.89. The largest absolute Gasteiger partial charge is 0.335 e. The molecule has 5 nitrogen and oxygen atoms in total. The van der Waals surface area contributed by atoms with Crippen LogP contribution >= 0.6 is 0 Å². The molecule has 5 heteroatoms. The second-order valence-corrected chi connectivity index (χ2v) is 6.82. The lowest BCUT2D eigenvalue weighted by Crippen LogP contribution is -2.36. The molecule has 1 saturated carbocycles. The van der Waals surface area contributed by atoms with Crippen LogP contribution in [0.15, 0.2) is 24.3 Å². The molecule has 1 fully saturated rings. The first-order valence-corrected chi connectivity index (χ1v) is 8.42. The van der Waals surface area contributed by atoms with E-state index >= 15 is 0 Å². The zero-order chi connectivity index (χ0) is 16.8. The monoisotopic (exact) mass is 317 g/mol. The molecule has 1 unspecified atom stereocenters. The van der Waals surface area contributed by atoms with E-state index in [1.165, 1.54) is 0 Å². The van der Waals surface area contributed by atoms with Gasteiger partial charge < -0.3 is 16.0 Å². The fourth-order valence-corrected chi connectivity index (χ4v) is 2.31. The van der Waals surface area contributed by atoms with Gasteiger partial charge in [0.15, 0.2) is 0 Å². The van der Waals surface area contributed by atoms with Gasteiger partial charge in [-0.1, -0.05) is 19.9 Å². The van der Waals surface area contributed by atoms with Crippen molar-refractivity contribution in [3.05, 3.63) is 24.3 Å². The SMILES string of the molecule is CC(C)CCC(C)NC(=O)Nc1cccc(NC(=O)C2CC2)c1. The lowest BCUT2D eigenvalue weighted by molar-refractivity contribution is -0.117. The summed E-state index contributed by atoms with van der Waals surface area (Å²) in [5.41, 5.74) is 1.39. The Hall–Kier alpha value is -2.04. The molecule has 0 bridgehead atoms. The molecule has 2 rings (SSSR count). The molecule has 1 aromatic rings. The molecule has 1 aliphatic rings. The van der Waals surface area contributed by atoms with Crippen LogP contribution in [0.5, 0.6) is 0 Å². The number of rotatable bonds is 7. The van der Waals surface area contributed by atoms with E-state index in [0.717, 1.165) is 25.7 Å². The number of anilines is 2. The third-order valence-corrected chi connectivity index (χ3v) is 3.89. The molecular weight excluding hydrogens is 290 g/mol. The van der Waals surface area contributed by atoms with Crippen LogP contribution in [0.25, 0.3) is 0 Å². The summed E-state index contributed by atoms with van der Waals surface area (Å²) in [6, 6.07) is 7.15. The fraction of sp³-hybridized carbons (Fsp3) is 0.556. The minimum Gasteiger partial charge on any atom is -0.335 e. The van der Waals surface area contributed by atoms with E-state index in [-0.39, 0.29) is 23.9 Å².